The molecule has 1 aromatic carbocycles. The molecule has 1 aliphatic rings. The Morgan fingerprint density at radius 1 is 0.557 bits per heavy atom. The Morgan fingerprint density at radius 3 is 1.35 bits per heavy atom. The highest BCUT2D eigenvalue weighted by Crippen LogP contribution is 2.17. The van der Waals surface area contributed by atoms with Gasteiger partial charge >= 0.3 is 24.5 Å². The highest BCUT2D eigenvalue weighted by molar-refractivity contribution is 5.75. The van der Waals surface area contributed by atoms with E-state index >= 15 is 0 Å². The van der Waals surface area contributed by atoms with Crippen molar-refractivity contribution in [3.8, 4) is 0 Å². The smallest absolute Gasteiger partial charge is 0.405 e. The molecule has 0 radical (unpaired) electrons. The lowest BCUT2D eigenvalue weighted by molar-refractivity contribution is -0.142. The molecule has 1 unspecified atom stereocenters. The summed E-state index contributed by atoms with van der Waals surface area (Å²) >= 11 is 0. The van der Waals surface area contributed by atoms with Crippen molar-refractivity contribution in [2.45, 2.75) is 171 Å². The number of halogens is 9. The van der Waals surface area contributed by atoms with Crippen LogP contribution in [0, 0.1) is 0 Å². The van der Waals surface area contributed by atoms with Gasteiger partial charge in [-0.1, -0.05) is 105 Å². The molecule has 4 aromatic heterocycles. The quantitative estimate of drug-likeness (QED) is 0.0963. The van der Waals surface area contributed by atoms with Gasteiger partial charge in [0.15, 0.2) is 0 Å². The molecule has 5 aromatic rings. The maximum atomic E-state index is 11.3. The van der Waals surface area contributed by atoms with E-state index in [-0.39, 0.29) is 12.4 Å². The Morgan fingerprint density at radius 2 is 1.08 bits per heavy atom. The van der Waals surface area contributed by atoms with E-state index in [2.05, 4.69) is 102 Å². The first-order valence-electron chi connectivity index (χ1n) is 26.3. The van der Waals surface area contributed by atoms with E-state index in [1.165, 1.54) is 42.9 Å². The monoisotopic (exact) mass is 1130 g/mol. The highest BCUT2D eigenvalue weighted by Gasteiger charge is 2.27. The summed E-state index contributed by atoms with van der Waals surface area (Å²) in [5.41, 5.74) is 6.31. The summed E-state index contributed by atoms with van der Waals surface area (Å²) in [7, 11) is 0. The van der Waals surface area contributed by atoms with Crippen LogP contribution in [0.1, 0.15) is 143 Å². The van der Waals surface area contributed by atoms with Crippen molar-refractivity contribution in [1.29, 1.82) is 0 Å². The zero-order valence-corrected chi connectivity index (χ0v) is 47.9. The Bertz CT molecular complexity index is 1880. The summed E-state index contributed by atoms with van der Waals surface area (Å²) in [6.45, 7) is 19.0. The van der Waals surface area contributed by atoms with Crippen molar-refractivity contribution >= 4 is 17.8 Å². The summed E-state index contributed by atoms with van der Waals surface area (Å²) in [4.78, 5) is 50.0. The molecular formula is C58H86F9N7O5. The minimum Gasteiger partial charge on any atom is -0.466 e. The normalized spacial score (nSPS) is 11.7. The van der Waals surface area contributed by atoms with Gasteiger partial charge in [-0.3, -0.25) is 29.3 Å². The first-order chi connectivity index (χ1) is 37.3. The predicted octanol–water partition coefficient (Wildman–Crippen LogP) is 14.5. The molecule has 1 fully saturated rings. The lowest BCUT2D eigenvalue weighted by Crippen LogP contribution is -2.33. The number of alkyl halides is 9. The molecule has 2 N–H and O–H groups in total. The van der Waals surface area contributed by atoms with Crippen LogP contribution in [0.4, 0.5) is 39.5 Å². The largest absolute Gasteiger partial charge is 0.466 e. The molecule has 21 heteroatoms. The van der Waals surface area contributed by atoms with Crippen molar-refractivity contribution < 1.29 is 63.4 Å². The number of aromatic nitrogens is 5. The van der Waals surface area contributed by atoms with Crippen LogP contribution in [-0.4, -0.2) is 93.6 Å². The molecule has 1 atom stereocenters. The number of nitrogens with one attached hydrogen (secondary N) is 2. The number of benzene rings is 1. The van der Waals surface area contributed by atoms with Gasteiger partial charge in [0.2, 0.25) is 11.8 Å². The highest BCUT2D eigenvalue weighted by atomic mass is 19.4. The summed E-state index contributed by atoms with van der Waals surface area (Å²) in [6, 6.07) is 26.4. The zero-order chi connectivity index (χ0) is 60.8. The number of nitrogens with zero attached hydrogens (tertiary/aromatic N) is 5. The van der Waals surface area contributed by atoms with Gasteiger partial charge in [-0.25, -0.2) is 9.97 Å². The molecule has 1 aliphatic heterocycles. The van der Waals surface area contributed by atoms with Crippen LogP contribution in [0.2, 0.25) is 0 Å². The van der Waals surface area contributed by atoms with Gasteiger partial charge in [0.25, 0.3) is 0 Å². The van der Waals surface area contributed by atoms with Gasteiger partial charge < -0.3 is 20.1 Å². The number of ether oxygens (including phenoxy) is 2. The van der Waals surface area contributed by atoms with Crippen molar-refractivity contribution in [3.63, 3.8) is 0 Å². The topological polar surface area (TPSA) is 158 Å². The molecule has 0 bridgehead atoms. The predicted molar refractivity (Wildman–Crippen MR) is 295 cm³/mol. The Labute approximate surface area is 463 Å². The summed E-state index contributed by atoms with van der Waals surface area (Å²) < 4.78 is 110. The molecule has 1 saturated heterocycles. The van der Waals surface area contributed by atoms with E-state index in [0.717, 1.165) is 63.9 Å². The van der Waals surface area contributed by atoms with Crippen LogP contribution in [0.5, 0.6) is 0 Å². The lowest BCUT2D eigenvalue weighted by atomic mass is 10.2. The molecule has 0 saturated carbocycles. The van der Waals surface area contributed by atoms with E-state index in [1.54, 1.807) is 43.2 Å². The molecular weight excluding hydrogens is 1050 g/mol. The molecule has 446 valence electrons. The van der Waals surface area contributed by atoms with Gasteiger partial charge in [0.05, 0.1) is 12.7 Å². The van der Waals surface area contributed by atoms with E-state index in [9.17, 15) is 53.9 Å². The van der Waals surface area contributed by atoms with E-state index in [4.69, 9.17) is 4.74 Å². The van der Waals surface area contributed by atoms with Crippen LogP contribution in [0.25, 0.3) is 0 Å². The van der Waals surface area contributed by atoms with Gasteiger partial charge in [0.1, 0.15) is 19.4 Å². The molecule has 12 nitrogen and oxygen atoms in total. The van der Waals surface area contributed by atoms with E-state index in [1.807, 2.05) is 73.3 Å². The van der Waals surface area contributed by atoms with Crippen LogP contribution in [0.3, 0.4) is 0 Å². The van der Waals surface area contributed by atoms with Crippen molar-refractivity contribution in [1.82, 2.24) is 35.6 Å². The third-order valence-electron chi connectivity index (χ3n) is 9.45. The summed E-state index contributed by atoms with van der Waals surface area (Å²) in [6.07, 6.45) is 9.42. The van der Waals surface area contributed by atoms with Crippen molar-refractivity contribution in [2.75, 3.05) is 26.3 Å². The molecule has 6 rings (SSSR count). The average molecular weight is 1130 g/mol. The number of carbonyl (C=O) groups excluding carboxylic acids is 3. The second kappa shape index (κ2) is 52.2. The molecule has 79 heavy (non-hydrogen) atoms. The van der Waals surface area contributed by atoms with Crippen LogP contribution >= 0.6 is 0 Å². The number of amides is 2. The van der Waals surface area contributed by atoms with Crippen LogP contribution < -0.4 is 10.6 Å². The van der Waals surface area contributed by atoms with E-state index in [0.29, 0.717) is 19.1 Å². The third-order valence-corrected chi connectivity index (χ3v) is 9.45. The standard InChI is InChI=1S/C8H10.3C7H9N.C6H8N2.C6H12O.C5H8F3NO.C5H10O2.C4H6F3NO.C3H5F3/c1-2-8-6-4-3-5-7-8;1-2-7-3-5-8-6-4-7;1-2-7-4-3-5-8-6-7;1-2-7-5-3-4-6-8-7;1-2-6-3-4-7-5-8-6;1-2-6-4-3-5-7-6;1-2-4(10)9-3-5(6,7)8;1-3-5(6)7-4-2;1-3(9)8-2-4(5,6)7;1-2-3(4,5)6/h3-7H,2H2,1H3;3*3-6H,2H2,1H3;3-5H,2H2,1H3;6H,2-5H2,1H3;2-3H2,1H3,(H,9,10);3-4H2,1-2H3;2H2,1H3,(H,8,9);2H2,1H3. The molecule has 0 spiro atoms. The average Bonchev–Trinajstić information content (AvgIpc) is 4.01. The fraction of sp³-hybridized carbons (Fsp3) is 0.517. The van der Waals surface area contributed by atoms with Gasteiger partial charge in [-0.2, -0.15) is 39.5 Å². The van der Waals surface area contributed by atoms with Crippen molar-refractivity contribution in [3.05, 3.63) is 150 Å². The van der Waals surface area contributed by atoms with Gasteiger partial charge in [-0.15, -0.1) is 0 Å². The van der Waals surface area contributed by atoms with Gasteiger partial charge in [0, 0.05) is 81.4 Å². The number of pyridine rings is 3. The fourth-order valence-electron chi connectivity index (χ4n) is 4.85. The maximum absolute atomic E-state index is 11.3. The van der Waals surface area contributed by atoms with Crippen molar-refractivity contribution in [2.24, 2.45) is 0 Å². The number of hydrogen-bond donors (Lipinski definition) is 2. The third kappa shape index (κ3) is 62.2. The fourth-order valence-corrected chi connectivity index (χ4v) is 4.85. The summed E-state index contributed by atoms with van der Waals surface area (Å²) in [5.74, 6) is -1.38. The van der Waals surface area contributed by atoms with E-state index < -0.39 is 49.9 Å². The Balaban J connectivity index is -0.000000396. The summed E-state index contributed by atoms with van der Waals surface area (Å²) in [5, 5.41) is 3.33. The number of rotatable bonds is 11. The minimum atomic E-state index is -4.30. The number of esters is 1. The Hall–Kier alpha value is -6.51. The second-order valence-electron chi connectivity index (χ2n) is 15.9. The maximum Gasteiger partial charge on any atom is 0.405 e. The van der Waals surface area contributed by atoms with Gasteiger partial charge in [-0.05, 0) is 111 Å². The number of hydrogen-bond acceptors (Lipinski definition) is 10. The lowest BCUT2D eigenvalue weighted by Gasteiger charge is -2.06. The first-order valence-corrected chi connectivity index (χ1v) is 26.3. The minimum absolute atomic E-state index is 0.0794. The second-order valence-corrected chi connectivity index (χ2v) is 15.9. The molecule has 0 aliphatic carbocycles. The van der Waals surface area contributed by atoms with Crippen LogP contribution in [-0.2, 0) is 56.0 Å². The van der Waals surface area contributed by atoms with Crippen LogP contribution in [0.15, 0.2) is 122 Å². The zero-order valence-electron chi connectivity index (χ0n) is 47.9. The Kier molecular flexibility index (Phi) is 52.2. The molecule has 5 heterocycles. The number of aryl methyl sites for hydroxylation is 5. The molecule has 2 amide bonds. The SMILES string of the molecule is CC(=O)NCC(F)(F)F.CCC(=O)NCC(F)(F)F.CCC(F)(F)F.CCC1CCCO1.CCOC(=O)CC.CCc1ccccc1.CCc1ccccn1.CCc1cccnc1.CCc1ccncc1.CCc1ccncn1. The number of carbonyl (C=O) groups is 3. The first kappa shape index (κ1) is 79.0.